The molecule has 2 rings (SSSR count). The van der Waals surface area contributed by atoms with E-state index in [-0.39, 0.29) is 6.04 Å². The topological polar surface area (TPSA) is 50.9 Å². The molecule has 0 spiro atoms. The monoisotopic (exact) mass is 329 g/mol. The van der Waals surface area contributed by atoms with Gasteiger partial charge in [0, 0.05) is 18.8 Å². The fourth-order valence-corrected chi connectivity index (χ4v) is 2.37. The van der Waals surface area contributed by atoms with Crippen molar-refractivity contribution in [1.82, 2.24) is 10.3 Å². The van der Waals surface area contributed by atoms with Crippen LogP contribution in [0, 0.1) is 0 Å². The number of hydrogen-bond donors (Lipinski definition) is 2. The third-order valence-electron chi connectivity index (χ3n) is 3.00. The summed E-state index contributed by atoms with van der Waals surface area (Å²) in [6, 6.07) is 7.42. The number of nitrogens with one attached hydrogen (secondary N) is 1. The molecule has 0 aliphatic heterocycles. The number of pyridine rings is 1. The minimum absolute atomic E-state index is 0.0845. The van der Waals surface area contributed by atoms with Gasteiger partial charge in [0.2, 0.25) is 0 Å². The zero-order valence-corrected chi connectivity index (χ0v) is 13.1. The van der Waals surface area contributed by atoms with Crippen molar-refractivity contribution in [1.29, 1.82) is 0 Å². The summed E-state index contributed by atoms with van der Waals surface area (Å²) in [6.45, 7) is 2.70. The minimum atomic E-state index is 0.0845. The standard InChI is InChI=1S/C14H14Cl3N3/c1-8(10-4-11(15)14(18)12(16)5-10)19-6-9-2-3-13(17)20-7-9/h2-5,7-8,19H,6,18H2,1H3/t8-/m0/s1. The van der Waals surface area contributed by atoms with E-state index in [2.05, 4.69) is 10.3 Å². The molecule has 0 aliphatic rings. The number of anilines is 1. The number of nitrogens with zero attached hydrogens (tertiary/aromatic N) is 1. The van der Waals surface area contributed by atoms with Gasteiger partial charge in [-0.3, -0.25) is 0 Å². The van der Waals surface area contributed by atoms with Gasteiger partial charge in [-0.15, -0.1) is 0 Å². The summed E-state index contributed by atoms with van der Waals surface area (Å²) < 4.78 is 0. The largest absolute Gasteiger partial charge is 0.396 e. The number of aromatic nitrogens is 1. The molecule has 0 saturated carbocycles. The van der Waals surface area contributed by atoms with Gasteiger partial charge >= 0.3 is 0 Å². The Labute approximate surface area is 133 Å². The van der Waals surface area contributed by atoms with Crippen molar-refractivity contribution in [2.75, 3.05) is 5.73 Å². The van der Waals surface area contributed by atoms with E-state index in [1.165, 1.54) is 0 Å². The Morgan fingerprint density at radius 3 is 2.40 bits per heavy atom. The van der Waals surface area contributed by atoms with Gasteiger partial charge in [-0.2, -0.15) is 0 Å². The summed E-state index contributed by atoms with van der Waals surface area (Å²) in [5.74, 6) is 0. The fourth-order valence-electron chi connectivity index (χ4n) is 1.75. The van der Waals surface area contributed by atoms with Crippen LogP contribution in [0.4, 0.5) is 5.69 Å². The van der Waals surface area contributed by atoms with Crippen LogP contribution in [0.5, 0.6) is 0 Å². The first kappa shape index (κ1) is 15.4. The molecule has 1 atom stereocenters. The molecule has 0 radical (unpaired) electrons. The summed E-state index contributed by atoms with van der Waals surface area (Å²) in [5, 5.41) is 4.79. The van der Waals surface area contributed by atoms with Crippen molar-refractivity contribution >= 4 is 40.5 Å². The lowest BCUT2D eigenvalue weighted by atomic mass is 10.1. The van der Waals surface area contributed by atoms with E-state index < -0.39 is 0 Å². The Bertz CT molecular complexity index is 576. The Morgan fingerprint density at radius 2 is 1.85 bits per heavy atom. The Hall–Kier alpha value is -1.00. The van der Waals surface area contributed by atoms with Crippen molar-refractivity contribution in [3.63, 3.8) is 0 Å². The zero-order chi connectivity index (χ0) is 14.7. The van der Waals surface area contributed by atoms with Crippen molar-refractivity contribution in [3.05, 3.63) is 56.8 Å². The highest BCUT2D eigenvalue weighted by Crippen LogP contribution is 2.31. The molecule has 6 heteroatoms. The van der Waals surface area contributed by atoms with Crippen LogP contribution >= 0.6 is 34.8 Å². The Kier molecular flexibility index (Phi) is 5.11. The first-order chi connectivity index (χ1) is 9.47. The summed E-state index contributed by atoms with van der Waals surface area (Å²) >= 11 is 17.8. The maximum atomic E-state index is 6.04. The van der Waals surface area contributed by atoms with E-state index in [9.17, 15) is 0 Å². The van der Waals surface area contributed by atoms with Crippen LogP contribution in [-0.2, 0) is 6.54 Å². The van der Waals surface area contributed by atoms with Gasteiger partial charge in [-0.1, -0.05) is 40.9 Å². The lowest BCUT2D eigenvalue weighted by molar-refractivity contribution is 0.574. The SMILES string of the molecule is C[C@H](NCc1ccc(Cl)nc1)c1cc(Cl)c(N)c(Cl)c1. The molecule has 1 aromatic carbocycles. The normalized spacial score (nSPS) is 12.4. The quantitative estimate of drug-likeness (QED) is 0.642. The smallest absolute Gasteiger partial charge is 0.129 e. The van der Waals surface area contributed by atoms with E-state index in [4.69, 9.17) is 40.5 Å². The Balaban J connectivity index is 2.05. The van der Waals surface area contributed by atoms with Gasteiger partial charge in [-0.25, -0.2) is 4.98 Å². The zero-order valence-electron chi connectivity index (χ0n) is 10.8. The Morgan fingerprint density at radius 1 is 1.20 bits per heavy atom. The molecule has 0 unspecified atom stereocenters. The molecular formula is C14H14Cl3N3. The predicted octanol–water partition coefficient (Wildman–Crippen LogP) is 4.47. The molecule has 20 heavy (non-hydrogen) atoms. The number of nitrogen functional groups attached to an aromatic ring is 1. The number of rotatable bonds is 4. The van der Waals surface area contributed by atoms with E-state index in [0.29, 0.717) is 27.4 Å². The van der Waals surface area contributed by atoms with Crippen LogP contribution < -0.4 is 11.1 Å². The highest BCUT2D eigenvalue weighted by atomic mass is 35.5. The first-order valence-electron chi connectivity index (χ1n) is 6.05. The second kappa shape index (κ2) is 6.64. The number of halogens is 3. The van der Waals surface area contributed by atoms with Crippen LogP contribution in [0.1, 0.15) is 24.1 Å². The summed E-state index contributed by atoms with van der Waals surface area (Å²) in [6.07, 6.45) is 1.74. The van der Waals surface area contributed by atoms with Crippen molar-refractivity contribution in [2.45, 2.75) is 19.5 Å². The van der Waals surface area contributed by atoms with Crippen LogP contribution in [0.15, 0.2) is 30.5 Å². The molecule has 0 bridgehead atoms. The molecule has 3 N–H and O–H groups in total. The second-order valence-corrected chi connectivity index (χ2v) is 5.69. The van der Waals surface area contributed by atoms with E-state index in [1.54, 1.807) is 12.3 Å². The molecule has 0 amide bonds. The maximum absolute atomic E-state index is 6.04. The summed E-state index contributed by atoms with van der Waals surface area (Å²) in [7, 11) is 0. The molecule has 1 aromatic heterocycles. The van der Waals surface area contributed by atoms with Crippen LogP contribution in [-0.4, -0.2) is 4.98 Å². The van der Waals surface area contributed by atoms with Gasteiger partial charge in [0.05, 0.1) is 15.7 Å². The van der Waals surface area contributed by atoms with Gasteiger partial charge in [0.15, 0.2) is 0 Å². The molecule has 0 saturated heterocycles. The summed E-state index contributed by atoms with van der Waals surface area (Å²) in [5.41, 5.74) is 8.17. The molecular weight excluding hydrogens is 317 g/mol. The first-order valence-corrected chi connectivity index (χ1v) is 7.19. The van der Waals surface area contributed by atoms with Gasteiger partial charge in [-0.05, 0) is 36.2 Å². The molecule has 1 heterocycles. The highest BCUT2D eigenvalue weighted by Gasteiger charge is 2.10. The number of nitrogens with two attached hydrogens (primary N) is 1. The molecule has 106 valence electrons. The van der Waals surface area contributed by atoms with E-state index >= 15 is 0 Å². The van der Waals surface area contributed by atoms with E-state index in [1.807, 2.05) is 25.1 Å². The van der Waals surface area contributed by atoms with E-state index in [0.717, 1.165) is 11.1 Å². The lowest BCUT2D eigenvalue weighted by Crippen LogP contribution is -2.18. The van der Waals surface area contributed by atoms with Crippen molar-refractivity contribution in [2.24, 2.45) is 0 Å². The van der Waals surface area contributed by atoms with Crippen LogP contribution in [0.2, 0.25) is 15.2 Å². The summed E-state index contributed by atoms with van der Waals surface area (Å²) in [4.78, 5) is 4.04. The minimum Gasteiger partial charge on any atom is -0.396 e. The third-order valence-corrected chi connectivity index (χ3v) is 3.85. The maximum Gasteiger partial charge on any atom is 0.129 e. The lowest BCUT2D eigenvalue weighted by Gasteiger charge is -2.16. The highest BCUT2D eigenvalue weighted by molar-refractivity contribution is 6.38. The number of benzene rings is 1. The van der Waals surface area contributed by atoms with Crippen molar-refractivity contribution in [3.8, 4) is 0 Å². The molecule has 2 aromatic rings. The molecule has 0 aliphatic carbocycles. The second-order valence-electron chi connectivity index (χ2n) is 4.49. The van der Waals surface area contributed by atoms with Gasteiger partial charge < -0.3 is 11.1 Å². The average molecular weight is 331 g/mol. The van der Waals surface area contributed by atoms with Crippen LogP contribution in [0.3, 0.4) is 0 Å². The van der Waals surface area contributed by atoms with Gasteiger partial charge in [0.1, 0.15) is 5.15 Å². The predicted molar refractivity (Wildman–Crippen MR) is 85.4 cm³/mol. The van der Waals surface area contributed by atoms with Gasteiger partial charge in [0.25, 0.3) is 0 Å². The fraction of sp³-hybridized carbons (Fsp3) is 0.214. The average Bonchev–Trinajstić information content (AvgIpc) is 2.43. The molecule has 3 nitrogen and oxygen atoms in total. The van der Waals surface area contributed by atoms with Crippen LogP contribution in [0.25, 0.3) is 0 Å². The number of hydrogen-bond acceptors (Lipinski definition) is 3. The van der Waals surface area contributed by atoms with Crippen molar-refractivity contribution < 1.29 is 0 Å². The third kappa shape index (κ3) is 3.76. The molecule has 0 fully saturated rings.